The third kappa shape index (κ3) is 3.80. The fourth-order valence-corrected chi connectivity index (χ4v) is 2.53. The number of rotatable bonds is 6. The van der Waals surface area contributed by atoms with Crippen molar-refractivity contribution in [2.45, 2.75) is 0 Å². The van der Waals surface area contributed by atoms with Gasteiger partial charge in [-0.15, -0.1) is 0 Å². The van der Waals surface area contributed by atoms with Crippen molar-refractivity contribution in [3.63, 3.8) is 0 Å². The Balaban J connectivity index is 2.16. The van der Waals surface area contributed by atoms with Gasteiger partial charge in [0, 0.05) is 0 Å². The van der Waals surface area contributed by atoms with Crippen LogP contribution in [0.3, 0.4) is 0 Å². The lowest BCUT2D eigenvalue weighted by Crippen LogP contribution is -2.28. The molecule has 1 heterocycles. The molecule has 8 heteroatoms. The summed E-state index contributed by atoms with van der Waals surface area (Å²) in [5.74, 6) is 0.452. The molecule has 0 unspecified atom stereocenters. The molecule has 0 atom stereocenters. The molecule has 0 spiro atoms. The van der Waals surface area contributed by atoms with Gasteiger partial charge >= 0.3 is 0 Å². The van der Waals surface area contributed by atoms with Gasteiger partial charge in [0.2, 0.25) is 17.7 Å². The highest BCUT2D eigenvalue weighted by Crippen LogP contribution is 2.31. The molecule has 0 aliphatic rings. The zero-order valence-corrected chi connectivity index (χ0v) is 15.6. The summed E-state index contributed by atoms with van der Waals surface area (Å²) in [7, 11) is 4.46. The van der Waals surface area contributed by atoms with Crippen LogP contribution >= 0.6 is 0 Å². The maximum absolute atomic E-state index is 13.3. The number of phenolic OH excluding ortho intramolecular Hbond substituents is 1. The van der Waals surface area contributed by atoms with Gasteiger partial charge in [0.05, 0.1) is 38.6 Å². The number of anilines is 2. The van der Waals surface area contributed by atoms with Crippen molar-refractivity contribution in [3.05, 3.63) is 60.2 Å². The Kier molecular flexibility index (Phi) is 5.59. The van der Waals surface area contributed by atoms with Crippen LogP contribution in [0.1, 0.15) is 10.4 Å². The van der Waals surface area contributed by atoms with Crippen molar-refractivity contribution in [3.8, 4) is 23.3 Å². The molecule has 0 saturated carbocycles. The quantitative estimate of drug-likeness (QED) is 0.701. The molecule has 0 aliphatic carbocycles. The molecule has 144 valence electrons. The normalized spacial score (nSPS) is 10.2. The van der Waals surface area contributed by atoms with Crippen LogP contribution in [0, 0.1) is 0 Å². The number of carbonyl (C=O) groups excluding carboxylic acids is 1. The summed E-state index contributed by atoms with van der Waals surface area (Å²) in [4.78, 5) is 23.1. The zero-order chi connectivity index (χ0) is 20.1. The molecule has 0 saturated heterocycles. The minimum Gasteiger partial charge on any atom is -0.507 e. The first-order valence-electron chi connectivity index (χ1n) is 8.31. The van der Waals surface area contributed by atoms with Gasteiger partial charge in [0.1, 0.15) is 11.5 Å². The second-order valence-electron chi connectivity index (χ2n) is 5.61. The van der Waals surface area contributed by atoms with Crippen LogP contribution in [-0.2, 0) is 0 Å². The van der Waals surface area contributed by atoms with Crippen LogP contribution in [0.15, 0.2) is 54.6 Å². The number of phenols is 1. The van der Waals surface area contributed by atoms with E-state index in [1.807, 2.05) is 0 Å². The first-order valence-corrected chi connectivity index (χ1v) is 8.31. The molecule has 1 aromatic heterocycles. The molecule has 8 nitrogen and oxygen atoms in total. The largest absolute Gasteiger partial charge is 0.507 e. The second-order valence-corrected chi connectivity index (χ2v) is 5.61. The number of aromatic nitrogens is 2. The van der Waals surface area contributed by atoms with Crippen molar-refractivity contribution in [1.29, 1.82) is 0 Å². The Labute approximate surface area is 162 Å². The molecule has 28 heavy (non-hydrogen) atoms. The predicted octanol–water partition coefficient (Wildman–Crippen LogP) is 3.19. The van der Waals surface area contributed by atoms with Gasteiger partial charge in [-0.05, 0) is 36.4 Å². The average Bonchev–Trinajstić information content (AvgIpc) is 2.74. The third-order valence-electron chi connectivity index (χ3n) is 3.95. The Hall–Kier alpha value is -3.81. The fourth-order valence-electron chi connectivity index (χ4n) is 2.53. The van der Waals surface area contributed by atoms with Crippen LogP contribution in [0.5, 0.6) is 23.3 Å². The molecular formula is C20H19N3O5. The molecule has 0 aliphatic heterocycles. The van der Waals surface area contributed by atoms with Gasteiger partial charge in [-0.25, -0.2) is 4.90 Å². The summed E-state index contributed by atoms with van der Waals surface area (Å²) in [6, 6.07) is 14.5. The number of hydrogen-bond acceptors (Lipinski definition) is 7. The van der Waals surface area contributed by atoms with Gasteiger partial charge in [-0.3, -0.25) is 4.79 Å². The molecule has 0 radical (unpaired) electrons. The van der Waals surface area contributed by atoms with Crippen LogP contribution in [0.4, 0.5) is 11.6 Å². The second kappa shape index (κ2) is 8.26. The number of aromatic hydroxyl groups is 1. The van der Waals surface area contributed by atoms with E-state index in [4.69, 9.17) is 14.2 Å². The van der Waals surface area contributed by atoms with Crippen molar-refractivity contribution in [2.75, 3.05) is 26.2 Å². The number of ether oxygens (including phenoxy) is 3. The molecule has 3 rings (SSSR count). The lowest BCUT2D eigenvalue weighted by Gasteiger charge is -2.22. The van der Waals surface area contributed by atoms with Crippen LogP contribution in [0.25, 0.3) is 0 Å². The monoisotopic (exact) mass is 381 g/mol. The highest BCUT2D eigenvalue weighted by molar-refractivity contribution is 6.11. The van der Waals surface area contributed by atoms with E-state index in [1.165, 1.54) is 37.3 Å². The summed E-state index contributed by atoms with van der Waals surface area (Å²) in [6.07, 6.45) is 0. The Morgan fingerprint density at radius 1 is 0.893 bits per heavy atom. The summed E-state index contributed by atoms with van der Waals surface area (Å²) in [6.45, 7) is 0. The van der Waals surface area contributed by atoms with E-state index < -0.39 is 5.91 Å². The Morgan fingerprint density at radius 3 is 2.04 bits per heavy atom. The number of para-hydroxylation sites is 1. The highest BCUT2D eigenvalue weighted by atomic mass is 16.5. The number of amides is 1. The Bertz CT molecular complexity index is 954. The van der Waals surface area contributed by atoms with E-state index in [1.54, 1.807) is 43.5 Å². The van der Waals surface area contributed by atoms with Crippen LogP contribution in [-0.4, -0.2) is 42.3 Å². The number of hydrogen-bond donors (Lipinski definition) is 1. The van der Waals surface area contributed by atoms with Crippen molar-refractivity contribution in [2.24, 2.45) is 0 Å². The maximum atomic E-state index is 13.3. The van der Waals surface area contributed by atoms with E-state index in [0.29, 0.717) is 11.4 Å². The minimum atomic E-state index is -0.515. The zero-order valence-electron chi connectivity index (χ0n) is 15.6. The lowest BCUT2D eigenvalue weighted by atomic mass is 10.1. The maximum Gasteiger partial charge on any atom is 0.268 e. The summed E-state index contributed by atoms with van der Waals surface area (Å²) >= 11 is 0. The highest BCUT2D eigenvalue weighted by Gasteiger charge is 2.26. The first-order chi connectivity index (χ1) is 13.6. The molecule has 1 amide bonds. The van der Waals surface area contributed by atoms with Gasteiger partial charge in [0.15, 0.2) is 0 Å². The van der Waals surface area contributed by atoms with Gasteiger partial charge in [-0.1, -0.05) is 12.1 Å². The summed E-state index contributed by atoms with van der Waals surface area (Å²) in [5.41, 5.74) is 0.577. The standard InChI is InChI=1S/C20H19N3O5/c1-26-14-10-8-13(9-11-14)23(19(25)15-6-4-5-7-16(15)24)20-21-17(27-2)12-18(22-20)28-3/h4-12,24H,1-3H3. The smallest absolute Gasteiger partial charge is 0.268 e. The van der Waals surface area contributed by atoms with Crippen molar-refractivity contribution < 1.29 is 24.1 Å². The van der Waals surface area contributed by atoms with Crippen LogP contribution < -0.4 is 19.1 Å². The molecular weight excluding hydrogens is 362 g/mol. The number of benzene rings is 2. The van der Waals surface area contributed by atoms with E-state index in [-0.39, 0.29) is 29.0 Å². The molecule has 3 aromatic rings. The number of methoxy groups -OCH3 is 3. The SMILES string of the molecule is COc1ccc(N(C(=O)c2ccccc2O)c2nc(OC)cc(OC)n2)cc1. The lowest BCUT2D eigenvalue weighted by molar-refractivity contribution is 0.0995. The van der Waals surface area contributed by atoms with Gasteiger partial charge < -0.3 is 19.3 Å². The molecule has 1 N–H and O–H groups in total. The van der Waals surface area contributed by atoms with E-state index in [0.717, 1.165) is 0 Å². The number of carbonyl (C=O) groups is 1. The predicted molar refractivity (Wildman–Crippen MR) is 103 cm³/mol. The third-order valence-corrected chi connectivity index (χ3v) is 3.95. The fraction of sp³-hybridized carbons (Fsp3) is 0.150. The van der Waals surface area contributed by atoms with E-state index in [2.05, 4.69) is 9.97 Å². The van der Waals surface area contributed by atoms with E-state index in [9.17, 15) is 9.90 Å². The summed E-state index contributed by atoms with van der Waals surface area (Å²) in [5, 5.41) is 10.1. The molecule has 0 fully saturated rings. The minimum absolute atomic E-state index is 0.0367. The van der Waals surface area contributed by atoms with E-state index >= 15 is 0 Å². The summed E-state index contributed by atoms with van der Waals surface area (Å²) < 4.78 is 15.6. The number of nitrogens with zero attached hydrogens (tertiary/aromatic N) is 3. The van der Waals surface area contributed by atoms with Crippen molar-refractivity contribution in [1.82, 2.24) is 9.97 Å². The van der Waals surface area contributed by atoms with Crippen molar-refractivity contribution >= 4 is 17.5 Å². The molecule has 2 aromatic carbocycles. The topological polar surface area (TPSA) is 94.0 Å². The van der Waals surface area contributed by atoms with Gasteiger partial charge in [-0.2, -0.15) is 9.97 Å². The molecule has 0 bridgehead atoms. The van der Waals surface area contributed by atoms with Gasteiger partial charge in [0.25, 0.3) is 5.91 Å². The van der Waals surface area contributed by atoms with Crippen LogP contribution in [0.2, 0.25) is 0 Å². The first kappa shape index (κ1) is 19.0. The Morgan fingerprint density at radius 2 is 1.50 bits per heavy atom. The average molecular weight is 381 g/mol.